The Labute approximate surface area is 128 Å². The Hall–Kier alpha value is -2.49. The number of carbonyl (C=O) groups is 1. The van der Waals surface area contributed by atoms with Crippen LogP contribution >= 0.6 is 0 Å². The van der Waals surface area contributed by atoms with Gasteiger partial charge in [0.25, 0.3) is 5.91 Å². The largest absolute Gasteiger partial charge is 0.454 e. The molecule has 110 valence electrons. The molecular formula is C18H15NO3. The summed E-state index contributed by atoms with van der Waals surface area (Å²) in [5, 5.41) is 0. The molecule has 2 aromatic rings. The van der Waals surface area contributed by atoms with E-state index in [1.165, 1.54) is 11.1 Å². The van der Waals surface area contributed by atoms with Crippen LogP contribution < -0.4 is 9.47 Å². The fourth-order valence-electron chi connectivity index (χ4n) is 3.82. The molecule has 0 saturated heterocycles. The van der Waals surface area contributed by atoms with Crippen LogP contribution in [0.3, 0.4) is 0 Å². The second-order valence-electron chi connectivity index (χ2n) is 6.03. The van der Waals surface area contributed by atoms with Gasteiger partial charge in [-0.3, -0.25) is 4.79 Å². The van der Waals surface area contributed by atoms with Crippen molar-refractivity contribution in [1.29, 1.82) is 0 Å². The molecule has 3 aliphatic rings. The van der Waals surface area contributed by atoms with Crippen molar-refractivity contribution in [1.82, 2.24) is 4.90 Å². The summed E-state index contributed by atoms with van der Waals surface area (Å²) in [6, 6.07) is 12.2. The standard InChI is InChI=1S/C18H15NO3/c20-18-13-4-2-1-3-11(13)7-15-14-9-17-16(21-10-22-17)8-12(14)5-6-19(15)18/h1-4,8-9,15H,5-7,10H2. The molecule has 2 aromatic carbocycles. The maximum absolute atomic E-state index is 12.8. The molecule has 0 radical (unpaired) electrons. The number of amides is 1. The molecule has 1 amide bonds. The Morgan fingerprint density at radius 3 is 2.77 bits per heavy atom. The van der Waals surface area contributed by atoms with E-state index in [2.05, 4.69) is 18.2 Å². The Kier molecular flexibility index (Phi) is 2.34. The predicted octanol–water partition coefficient (Wildman–Crippen LogP) is 2.71. The molecule has 4 heteroatoms. The lowest BCUT2D eigenvalue weighted by Crippen LogP contribution is -2.44. The van der Waals surface area contributed by atoms with Crippen molar-refractivity contribution in [3.05, 3.63) is 58.7 Å². The number of benzene rings is 2. The van der Waals surface area contributed by atoms with Crippen LogP contribution in [0.25, 0.3) is 0 Å². The van der Waals surface area contributed by atoms with Crippen LogP contribution in [0.2, 0.25) is 0 Å². The van der Waals surface area contributed by atoms with Crippen LogP contribution in [0.15, 0.2) is 36.4 Å². The first-order valence-electron chi connectivity index (χ1n) is 7.62. The van der Waals surface area contributed by atoms with Gasteiger partial charge in [-0.1, -0.05) is 18.2 Å². The van der Waals surface area contributed by atoms with Crippen molar-refractivity contribution in [2.75, 3.05) is 13.3 Å². The predicted molar refractivity (Wildman–Crippen MR) is 80.2 cm³/mol. The number of nitrogens with zero attached hydrogens (tertiary/aromatic N) is 1. The van der Waals surface area contributed by atoms with E-state index < -0.39 is 0 Å². The third-order valence-electron chi connectivity index (χ3n) is 4.91. The van der Waals surface area contributed by atoms with E-state index in [4.69, 9.17) is 9.47 Å². The second-order valence-corrected chi connectivity index (χ2v) is 6.03. The molecule has 4 nitrogen and oxygen atoms in total. The summed E-state index contributed by atoms with van der Waals surface area (Å²) < 4.78 is 11.0. The van der Waals surface area contributed by atoms with Crippen molar-refractivity contribution < 1.29 is 14.3 Å². The lowest BCUT2D eigenvalue weighted by Gasteiger charge is -2.41. The van der Waals surface area contributed by atoms with Gasteiger partial charge in [-0.05, 0) is 47.7 Å². The van der Waals surface area contributed by atoms with E-state index in [1.54, 1.807) is 0 Å². The van der Waals surface area contributed by atoms with E-state index in [-0.39, 0.29) is 18.7 Å². The zero-order valence-electron chi connectivity index (χ0n) is 12.0. The average molecular weight is 293 g/mol. The molecule has 1 unspecified atom stereocenters. The summed E-state index contributed by atoms with van der Waals surface area (Å²) in [4.78, 5) is 14.8. The van der Waals surface area contributed by atoms with Gasteiger partial charge < -0.3 is 14.4 Å². The van der Waals surface area contributed by atoms with E-state index in [0.29, 0.717) is 0 Å². The topological polar surface area (TPSA) is 38.8 Å². The van der Waals surface area contributed by atoms with Gasteiger partial charge in [-0.15, -0.1) is 0 Å². The summed E-state index contributed by atoms with van der Waals surface area (Å²) in [5.74, 6) is 1.77. The first-order valence-corrected chi connectivity index (χ1v) is 7.62. The van der Waals surface area contributed by atoms with Crippen LogP contribution in [0.5, 0.6) is 11.5 Å². The van der Waals surface area contributed by atoms with Gasteiger partial charge in [0.15, 0.2) is 11.5 Å². The average Bonchev–Trinajstić information content (AvgIpc) is 3.00. The SMILES string of the molecule is O=C1c2ccccc2CC2c3cc4c(cc3CCN12)OCO4. The second kappa shape index (κ2) is 4.26. The van der Waals surface area contributed by atoms with Gasteiger partial charge in [-0.25, -0.2) is 0 Å². The molecule has 22 heavy (non-hydrogen) atoms. The Bertz CT molecular complexity index is 799. The van der Waals surface area contributed by atoms with Crippen LogP contribution in [-0.4, -0.2) is 24.1 Å². The third kappa shape index (κ3) is 1.55. The highest BCUT2D eigenvalue weighted by atomic mass is 16.7. The smallest absolute Gasteiger partial charge is 0.254 e. The normalized spacial score (nSPS) is 21.2. The first kappa shape index (κ1) is 12.1. The van der Waals surface area contributed by atoms with Crippen LogP contribution in [-0.2, 0) is 12.8 Å². The van der Waals surface area contributed by atoms with Gasteiger partial charge in [0.2, 0.25) is 6.79 Å². The van der Waals surface area contributed by atoms with Gasteiger partial charge in [0.05, 0.1) is 6.04 Å². The fourth-order valence-corrected chi connectivity index (χ4v) is 3.82. The van der Waals surface area contributed by atoms with Crippen LogP contribution in [0.4, 0.5) is 0 Å². The molecule has 0 spiro atoms. The van der Waals surface area contributed by atoms with E-state index in [9.17, 15) is 4.79 Å². The molecule has 5 rings (SSSR count). The number of hydrogen-bond acceptors (Lipinski definition) is 3. The maximum Gasteiger partial charge on any atom is 0.254 e. The lowest BCUT2D eigenvalue weighted by molar-refractivity contribution is 0.0631. The number of carbonyl (C=O) groups excluding carboxylic acids is 1. The lowest BCUT2D eigenvalue weighted by atomic mass is 9.83. The minimum atomic E-state index is 0.112. The van der Waals surface area contributed by atoms with Crippen LogP contribution in [0.1, 0.15) is 33.1 Å². The zero-order valence-corrected chi connectivity index (χ0v) is 12.0. The van der Waals surface area contributed by atoms with Gasteiger partial charge in [0, 0.05) is 12.1 Å². The first-order chi connectivity index (χ1) is 10.8. The molecule has 3 aliphatic heterocycles. The van der Waals surface area contributed by atoms with Crippen molar-refractivity contribution >= 4 is 5.91 Å². The number of ether oxygens (including phenoxy) is 2. The third-order valence-corrected chi connectivity index (χ3v) is 4.91. The highest BCUT2D eigenvalue weighted by Gasteiger charge is 2.37. The molecule has 0 bridgehead atoms. The summed E-state index contributed by atoms with van der Waals surface area (Å²) in [6.07, 6.45) is 1.74. The summed E-state index contributed by atoms with van der Waals surface area (Å²) >= 11 is 0. The summed E-state index contributed by atoms with van der Waals surface area (Å²) in [5.41, 5.74) is 4.47. The van der Waals surface area contributed by atoms with Gasteiger partial charge >= 0.3 is 0 Å². The van der Waals surface area contributed by atoms with Crippen molar-refractivity contribution in [2.45, 2.75) is 18.9 Å². The monoisotopic (exact) mass is 293 g/mol. The molecule has 0 N–H and O–H groups in total. The maximum atomic E-state index is 12.8. The van der Waals surface area contributed by atoms with Crippen molar-refractivity contribution in [3.63, 3.8) is 0 Å². The Balaban J connectivity index is 1.65. The Morgan fingerprint density at radius 2 is 1.86 bits per heavy atom. The van der Waals surface area contributed by atoms with E-state index in [0.717, 1.165) is 42.0 Å². The molecular weight excluding hydrogens is 278 g/mol. The highest BCUT2D eigenvalue weighted by Crippen LogP contribution is 2.43. The van der Waals surface area contributed by atoms with Crippen LogP contribution in [0, 0.1) is 0 Å². The number of fused-ring (bicyclic) bond motifs is 5. The minimum Gasteiger partial charge on any atom is -0.454 e. The quantitative estimate of drug-likeness (QED) is 0.749. The molecule has 0 aromatic heterocycles. The van der Waals surface area contributed by atoms with E-state index >= 15 is 0 Å². The summed E-state index contributed by atoms with van der Waals surface area (Å²) in [7, 11) is 0. The minimum absolute atomic E-state index is 0.112. The highest BCUT2D eigenvalue weighted by molar-refractivity contribution is 5.97. The summed E-state index contributed by atoms with van der Waals surface area (Å²) in [6.45, 7) is 1.05. The molecule has 0 saturated carbocycles. The van der Waals surface area contributed by atoms with E-state index in [1.807, 2.05) is 23.1 Å². The zero-order chi connectivity index (χ0) is 14.7. The fraction of sp³-hybridized carbons (Fsp3) is 0.278. The molecule has 3 heterocycles. The van der Waals surface area contributed by atoms with Gasteiger partial charge in [0.1, 0.15) is 0 Å². The van der Waals surface area contributed by atoms with Crippen molar-refractivity contribution in [2.24, 2.45) is 0 Å². The molecule has 0 fully saturated rings. The van der Waals surface area contributed by atoms with Gasteiger partial charge in [-0.2, -0.15) is 0 Å². The molecule has 0 aliphatic carbocycles. The number of hydrogen-bond donors (Lipinski definition) is 0. The molecule has 1 atom stereocenters. The van der Waals surface area contributed by atoms with Crippen molar-refractivity contribution in [3.8, 4) is 11.5 Å². The Morgan fingerprint density at radius 1 is 1.05 bits per heavy atom. The number of rotatable bonds is 0.